The van der Waals surface area contributed by atoms with Crippen molar-refractivity contribution in [3.05, 3.63) is 35.9 Å². The third-order valence-electron chi connectivity index (χ3n) is 6.97. The van der Waals surface area contributed by atoms with E-state index in [2.05, 4.69) is 5.32 Å². The molecular formula is C25H36N2O5. The van der Waals surface area contributed by atoms with E-state index in [0.29, 0.717) is 19.3 Å². The molecule has 3 atom stereocenters. The molecular weight excluding hydrogens is 408 g/mol. The van der Waals surface area contributed by atoms with Crippen LogP contribution in [0.25, 0.3) is 0 Å². The standard InChI is InChI=1S/C25H36N2O5/c1-3-32-24(31)20(13-12-19-10-6-4-7-11-19)26-18(2)22(28)27-21(23(29)30)14-17-25(27)15-8-5-9-16-25/h4,6-7,10-11,18,20-21,26H,3,5,8-9,12-17H2,1-2H3,(H,29,30)/t18-,20?,21?/m0/s1. The van der Waals surface area contributed by atoms with Crippen molar-refractivity contribution in [2.45, 2.75) is 95.3 Å². The molecule has 1 saturated heterocycles. The minimum Gasteiger partial charge on any atom is -0.480 e. The van der Waals surface area contributed by atoms with Gasteiger partial charge in [-0.15, -0.1) is 0 Å². The Labute approximate surface area is 190 Å². The number of amides is 1. The number of carbonyl (C=O) groups excluding carboxylic acids is 2. The molecule has 0 aromatic heterocycles. The lowest BCUT2D eigenvalue weighted by molar-refractivity contribution is -0.155. The van der Waals surface area contributed by atoms with Crippen LogP contribution in [0.3, 0.4) is 0 Å². The first kappa shape index (κ1) is 24.2. The van der Waals surface area contributed by atoms with Gasteiger partial charge in [-0.2, -0.15) is 0 Å². The number of ether oxygens (including phenoxy) is 1. The van der Waals surface area contributed by atoms with Gasteiger partial charge in [0.1, 0.15) is 12.1 Å². The zero-order valence-corrected chi connectivity index (χ0v) is 19.2. The van der Waals surface area contributed by atoms with Crippen LogP contribution in [-0.4, -0.2) is 58.1 Å². The number of carboxylic acids is 1. The monoisotopic (exact) mass is 444 g/mol. The van der Waals surface area contributed by atoms with E-state index >= 15 is 0 Å². The van der Waals surface area contributed by atoms with E-state index in [9.17, 15) is 19.5 Å². The van der Waals surface area contributed by atoms with Crippen molar-refractivity contribution >= 4 is 17.8 Å². The normalized spacial score (nSPS) is 21.8. The van der Waals surface area contributed by atoms with Crippen LogP contribution >= 0.6 is 0 Å². The van der Waals surface area contributed by atoms with Crippen LogP contribution in [0.15, 0.2) is 30.3 Å². The van der Waals surface area contributed by atoms with Gasteiger partial charge in [0.05, 0.1) is 12.6 Å². The van der Waals surface area contributed by atoms with Crippen molar-refractivity contribution in [2.24, 2.45) is 0 Å². The summed E-state index contributed by atoms with van der Waals surface area (Å²) < 4.78 is 5.25. The molecule has 0 radical (unpaired) electrons. The van der Waals surface area contributed by atoms with Gasteiger partial charge >= 0.3 is 11.9 Å². The molecule has 7 heteroatoms. The third kappa shape index (κ3) is 5.49. The van der Waals surface area contributed by atoms with Crippen LogP contribution in [0, 0.1) is 0 Å². The average Bonchev–Trinajstić information content (AvgIpc) is 3.15. The molecule has 1 saturated carbocycles. The van der Waals surface area contributed by atoms with Crippen molar-refractivity contribution < 1.29 is 24.2 Å². The number of esters is 1. The van der Waals surface area contributed by atoms with Crippen LogP contribution in [0.1, 0.15) is 70.8 Å². The number of aliphatic carboxylic acids is 1. The molecule has 1 heterocycles. The molecule has 1 aliphatic heterocycles. The SMILES string of the molecule is CCOC(=O)C(CCc1ccccc1)N[C@@H](C)C(=O)N1C(C(=O)O)CCC12CCCCC2. The molecule has 32 heavy (non-hydrogen) atoms. The van der Waals surface area contributed by atoms with Crippen molar-refractivity contribution in [1.29, 1.82) is 0 Å². The van der Waals surface area contributed by atoms with Gasteiger partial charge in [0.2, 0.25) is 5.91 Å². The van der Waals surface area contributed by atoms with E-state index in [1.54, 1.807) is 18.7 Å². The second kappa shape index (κ2) is 10.9. The first-order valence-electron chi connectivity index (χ1n) is 11.9. The smallest absolute Gasteiger partial charge is 0.326 e. The zero-order chi connectivity index (χ0) is 23.1. The molecule has 176 valence electrons. The molecule has 1 aromatic carbocycles. The summed E-state index contributed by atoms with van der Waals surface area (Å²) in [7, 11) is 0. The highest BCUT2D eigenvalue weighted by molar-refractivity contribution is 5.89. The summed E-state index contributed by atoms with van der Waals surface area (Å²) in [4.78, 5) is 39.8. The quantitative estimate of drug-likeness (QED) is 0.568. The fourth-order valence-electron chi connectivity index (χ4n) is 5.36. The maximum atomic E-state index is 13.6. The fraction of sp³-hybridized carbons (Fsp3) is 0.640. The van der Waals surface area contributed by atoms with Gasteiger partial charge in [0, 0.05) is 5.54 Å². The number of hydrogen-bond acceptors (Lipinski definition) is 5. The molecule has 1 amide bonds. The highest BCUT2D eigenvalue weighted by Gasteiger charge is 2.52. The largest absolute Gasteiger partial charge is 0.480 e. The Morgan fingerprint density at radius 3 is 2.47 bits per heavy atom. The van der Waals surface area contributed by atoms with E-state index in [0.717, 1.165) is 44.1 Å². The second-order valence-electron chi connectivity index (χ2n) is 9.10. The minimum atomic E-state index is -0.945. The number of aryl methyl sites for hydroxylation is 1. The number of rotatable bonds is 9. The lowest BCUT2D eigenvalue weighted by atomic mass is 9.79. The maximum Gasteiger partial charge on any atom is 0.326 e. The summed E-state index contributed by atoms with van der Waals surface area (Å²) in [6.45, 7) is 3.75. The van der Waals surface area contributed by atoms with Crippen molar-refractivity contribution in [3.63, 3.8) is 0 Å². The van der Waals surface area contributed by atoms with Crippen molar-refractivity contribution in [1.82, 2.24) is 10.2 Å². The highest BCUT2D eigenvalue weighted by Crippen LogP contribution is 2.44. The lowest BCUT2D eigenvalue weighted by Gasteiger charge is -2.44. The molecule has 1 aliphatic carbocycles. The Hall–Kier alpha value is -2.41. The first-order chi connectivity index (χ1) is 15.4. The molecule has 1 spiro atoms. The summed E-state index contributed by atoms with van der Waals surface area (Å²) in [5.41, 5.74) is 0.742. The number of nitrogens with zero attached hydrogens (tertiary/aromatic N) is 1. The molecule has 3 rings (SSSR count). The van der Waals surface area contributed by atoms with Crippen LogP contribution in [0.2, 0.25) is 0 Å². The third-order valence-corrected chi connectivity index (χ3v) is 6.97. The van der Waals surface area contributed by atoms with Gasteiger partial charge in [-0.1, -0.05) is 49.6 Å². The zero-order valence-electron chi connectivity index (χ0n) is 19.2. The maximum absolute atomic E-state index is 13.6. The van der Waals surface area contributed by atoms with E-state index < -0.39 is 24.1 Å². The van der Waals surface area contributed by atoms with Gasteiger partial charge < -0.3 is 14.7 Å². The van der Waals surface area contributed by atoms with Gasteiger partial charge in [0.15, 0.2) is 0 Å². The van der Waals surface area contributed by atoms with E-state index in [1.165, 1.54) is 0 Å². The van der Waals surface area contributed by atoms with E-state index in [4.69, 9.17) is 4.74 Å². The van der Waals surface area contributed by atoms with Crippen molar-refractivity contribution in [3.8, 4) is 0 Å². The summed E-state index contributed by atoms with van der Waals surface area (Å²) in [6.07, 6.45) is 7.24. The van der Waals surface area contributed by atoms with Crippen LogP contribution in [-0.2, 0) is 25.5 Å². The summed E-state index contributed by atoms with van der Waals surface area (Å²) >= 11 is 0. The summed E-state index contributed by atoms with van der Waals surface area (Å²) in [6, 6.07) is 7.75. The van der Waals surface area contributed by atoms with Gasteiger partial charge in [-0.3, -0.25) is 14.9 Å². The average molecular weight is 445 g/mol. The Kier molecular flexibility index (Phi) is 8.29. The predicted molar refractivity (Wildman–Crippen MR) is 121 cm³/mol. The van der Waals surface area contributed by atoms with E-state index in [-0.39, 0.29) is 24.0 Å². The topological polar surface area (TPSA) is 95.9 Å². The Bertz CT molecular complexity index is 791. The van der Waals surface area contributed by atoms with E-state index in [1.807, 2.05) is 30.3 Å². The number of hydrogen-bond donors (Lipinski definition) is 2. The molecule has 2 fully saturated rings. The van der Waals surface area contributed by atoms with Gasteiger partial charge in [0.25, 0.3) is 0 Å². The number of benzene rings is 1. The number of likely N-dealkylation sites (tertiary alicyclic amines) is 1. The number of carbonyl (C=O) groups is 3. The summed E-state index contributed by atoms with van der Waals surface area (Å²) in [5.74, 6) is -1.56. The molecule has 2 aliphatic rings. The van der Waals surface area contributed by atoms with Crippen LogP contribution in [0.4, 0.5) is 0 Å². The Balaban J connectivity index is 1.74. The van der Waals surface area contributed by atoms with Crippen molar-refractivity contribution in [2.75, 3.05) is 6.61 Å². The van der Waals surface area contributed by atoms with Gasteiger partial charge in [-0.05, 0) is 57.9 Å². The molecule has 0 bridgehead atoms. The second-order valence-corrected chi connectivity index (χ2v) is 9.10. The molecule has 2 unspecified atom stereocenters. The number of carboxylic acid groups (broad SMARTS) is 1. The van der Waals surface area contributed by atoms with Crippen LogP contribution < -0.4 is 5.32 Å². The lowest BCUT2D eigenvalue weighted by Crippen LogP contribution is -2.59. The minimum absolute atomic E-state index is 0.231. The number of nitrogens with one attached hydrogen (secondary N) is 1. The predicted octanol–water partition coefficient (Wildman–Crippen LogP) is 3.31. The fourth-order valence-corrected chi connectivity index (χ4v) is 5.36. The molecule has 7 nitrogen and oxygen atoms in total. The summed E-state index contributed by atoms with van der Waals surface area (Å²) in [5, 5.41) is 13.0. The Morgan fingerprint density at radius 1 is 1.16 bits per heavy atom. The van der Waals surface area contributed by atoms with Crippen LogP contribution in [0.5, 0.6) is 0 Å². The molecule has 2 N–H and O–H groups in total. The highest BCUT2D eigenvalue weighted by atomic mass is 16.5. The first-order valence-corrected chi connectivity index (χ1v) is 11.9. The molecule has 1 aromatic rings. The van der Waals surface area contributed by atoms with Gasteiger partial charge in [-0.25, -0.2) is 4.79 Å². The Morgan fingerprint density at radius 2 is 1.84 bits per heavy atom.